The lowest BCUT2D eigenvalue weighted by molar-refractivity contribution is 0.176. The lowest BCUT2D eigenvalue weighted by atomic mass is 10.0. The van der Waals surface area contributed by atoms with Crippen molar-refractivity contribution in [2.45, 2.75) is 6.04 Å². The number of aromatic nitrogens is 2. The van der Waals surface area contributed by atoms with Crippen LogP contribution < -0.4 is 10.6 Å². The number of carbonyl (C=O) groups is 1. The van der Waals surface area contributed by atoms with Crippen molar-refractivity contribution in [3.63, 3.8) is 0 Å². The molecule has 2 amide bonds. The highest BCUT2D eigenvalue weighted by atomic mass is 16.2. The van der Waals surface area contributed by atoms with Gasteiger partial charge in [0.1, 0.15) is 0 Å². The van der Waals surface area contributed by atoms with Gasteiger partial charge in [0.25, 0.3) is 0 Å². The number of nitrogens with zero attached hydrogens (tertiary/aromatic N) is 3. The van der Waals surface area contributed by atoms with Gasteiger partial charge in [-0.2, -0.15) is 0 Å². The zero-order chi connectivity index (χ0) is 16.5. The van der Waals surface area contributed by atoms with Gasteiger partial charge in [0, 0.05) is 60.4 Å². The van der Waals surface area contributed by atoms with Gasteiger partial charge in [0.05, 0.1) is 6.04 Å². The molecule has 1 fully saturated rings. The summed E-state index contributed by atoms with van der Waals surface area (Å²) in [6, 6.07) is 11.7. The van der Waals surface area contributed by atoms with Gasteiger partial charge in [-0.25, -0.2) is 4.79 Å². The number of nitrogens with two attached hydrogens (primary N) is 1. The Hall–Kier alpha value is -3.02. The number of pyridine rings is 1. The van der Waals surface area contributed by atoms with E-state index in [4.69, 9.17) is 5.73 Å². The molecule has 2 aromatic heterocycles. The smallest absolute Gasteiger partial charge is 0.315 e. The van der Waals surface area contributed by atoms with Gasteiger partial charge >= 0.3 is 6.03 Å². The summed E-state index contributed by atoms with van der Waals surface area (Å²) in [5.41, 5.74) is 8.92. The molecule has 3 N–H and O–H groups in total. The summed E-state index contributed by atoms with van der Waals surface area (Å²) in [7, 11) is 0. The number of aromatic amines is 1. The number of hydrogen-bond acceptors (Lipinski definition) is 3. The molecule has 1 aliphatic rings. The van der Waals surface area contributed by atoms with Crippen LogP contribution in [0.3, 0.4) is 0 Å². The van der Waals surface area contributed by atoms with Crippen molar-refractivity contribution in [2.24, 2.45) is 5.73 Å². The number of amides is 2. The first-order chi connectivity index (χ1) is 11.7. The number of hydrogen-bond donors (Lipinski definition) is 2. The van der Waals surface area contributed by atoms with Gasteiger partial charge in [-0.3, -0.25) is 4.98 Å². The van der Waals surface area contributed by atoms with Gasteiger partial charge in [-0.1, -0.05) is 18.2 Å². The van der Waals surface area contributed by atoms with E-state index in [1.165, 1.54) is 0 Å². The second-order valence-corrected chi connectivity index (χ2v) is 5.99. The minimum absolute atomic E-state index is 0.0828. The van der Waals surface area contributed by atoms with Crippen LogP contribution in [-0.4, -0.2) is 40.5 Å². The number of carbonyl (C=O) groups excluding carboxylic acids is 1. The summed E-state index contributed by atoms with van der Waals surface area (Å²) in [6.45, 7) is 2.06. The molecular formula is C18H19N5O. The number of primary amides is 1. The summed E-state index contributed by atoms with van der Waals surface area (Å²) in [6.07, 6.45) is 5.56. The molecule has 0 bridgehead atoms. The molecular weight excluding hydrogens is 302 g/mol. The van der Waals surface area contributed by atoms with Crippen LogP contribution >= 0.6 is 0 Å². The fraction of sp³-hybridized carbons (Fsp3) is 0.222. The lowest BCUT2D eigenvalue weighted by Crippen LogP contribution is -2.52. The predicted octanol–water partition coefficient (Wildman–Crippen LogP) is 2.50. The minimum atomic E-state index is -0.375. The van der Waals surface area contributed by atoms with Crippen molar-refractivity contribution in [2.75, 3.05) is 24.5 Å². The van der Waals surface area contributed by atoms with Crippen molar-refractivity contribution in [1.82, 2.24) is 14.9 Å². The van der Waals surface area contributed by atoms with Crippen LogP contribution in [0.1, 0.15) is 11.6 Å². The van der Waals surface area contributed by atoms with E-state index in [2.05, 4.69) is 20.9 Å². The average molecular weight is 321 g/mol. The normalized spacial score (nSPS) is 18.1. The molecule has 6 nitrogen and oxygen atoms in total. The van der Waals surface area contributed by atoms with Crippen LogP contribution in [0.2, 0.25) is 0 Å². The second kappa shape index (κ2) is 5.88. The zero-order valence-electron chi connectivity index (χ0n) is 13.2. The highest BCUT2D eigenvalue weighted by Gasteiger charge is 2.32. The van der Waals surface area contributed by atoms with Crippen molar-refractivity contribution in [3.05, 3.63) is 60.6 Å². The monoisotopic (exact) mass is 321 g/mol. The predicted molar refractivity (Wildman–Crippen MR) is 93.8 cm³/mol. The Balaban J connectivity index is 1.72. The Kier molecular flexibility index (Phi) is 3.57. The molecule has 3 aromatic rings. The molecule has 1 aliphatic heterocycles. The van der Waals surface area contributed by atoms with Crippen molar-refractivity contribution >= 4 is 22.6 Å². The fourth-order valence-electron chi connectivity index (χ4n) is 3.47. The Morgan fingerprint density at radius 1 is 1.17 bits per heavy atom. The van der Waals surface area contributed by atoms with E-state index in [-0.39, 0.29) is 12.1 Å². The molecule has 0 saturated carbocycles. The van der Waals surface area contributed by atoms with Crippen molar-refractivity contribution < 1.29 is 4.79 Å². The maximum Gasteiger partial charge on any atom is 0.315 e. The van der Waals surface area contributed by atoms with E-state index in [0.29, 0.717) is 13.1 Å². The van der Waals surface area contributed by atoms with E-state index < -0.39 is 0 Å². The first kappa shape index (κ1) is 14.6. The molecule has 0 radical (unpaired) electrons. The van der Waals surface area contributed by atoms with Gasteiger partial charge in [-0.05, 0) is 18.2 Å². The largest absolute Gasteiger partial charge is 0.367 e. The summed E-state index contributed by atoms with van der Waals surface area (Å²) < 4.78 is 0. The van der Waals surface area contributed by atoms with Gasteiger partial charge < -0.3 is 20.5 Å². The molecule has 0 spiro atoms. The second-order valence-electron chi connectivity index (χ2n) is 5.99. The number of para-hydroxylation sites is 1. The number of rotatable bonds is 2. The first-order valence-corrected chi connectivity index (χ1v) is 8.01. The topological polar surface area (TPSA) is 78.2 Å². The fourth-order valence-corrected chi connectivity index (χ4v) is 3.47. The van der Waals surface area contributed by atoms with Crippen LogP contribution in [0, 0.1) is 0 Å². The lowest BCUT2D eigenvalue weighted by Gasteiger charge is -2.41. The standard InChI is InChI=1S/C18H19N5O/c19-18(24)23-10-9-22(13-5-7-20-8-6-13)12-17(23)15-11-21-16-4-2-1-3-14(15)16/h1-8,11,17,21H,9-10,12H2,(H2,19,24). The number of nitrogens with one attached hydrogen (secondary N) is 1. The van der Waals surface area contributed by atoms with Crippen molar-refractivity contribution in [3.8, 4) is 0 Å². The Labute approximate surface area is 139 Å². The zero-order valence-corrected chi connectivity index (χ0v) is 13.2. The minimum Gasteiger partial charge on any atom is -0.367 e. The van der Waals surface area contributed by atoms with Gasteiger partial charge in [0.2, 0.25) is 0 Å². The van der Waals surface area contributed by atoms with E-state index in [9.17, 15) is 4.79 Å². The van der Waals surface area contributed by atoms with Crippen LogP contribution in [0.4, 0.5) is 10.5 Å². The molecule has 24 heavy (non-hydrogen) atoms. The molecule has 3 heterocycles. The van der Waals surface area contributed by atoms with Crippen LogP contribution in [-0.2, 0) is 0 Å². The Morgan fingerprint density at radius 2 is 1.96 bits per heavy atom. The number of anilines is 1. The third kappa shape index (κ3) is 2.46. The highest BCUT2D eigenvalue weighted by Crippen LogP contribution is 2.32. The quantitative estimate of drug-likeness (QED) is 0.761. The summed E-state index contributed by atoms with van der Waals surface area (Å²) in [4.78, 5) is 23.3. The molecule has 1 saturated heterocycles. The molecule has 122 valence electrons. The molecule has 4 rings (SSSR count). The summed E-state index contributed by atoms with van der Waals surface area (Å²) in [5, 5.41) is 1.13. The first-order valence-electron chi connectivity index (χ1n) is 8.01. The molecule has 0 aliphatic carbocycles. The van der Waals surface area contributed by atoms with E-state index in [1.807, 2.05) is 36.5 Å². The number of benzene rings is 1. The van der Waals surface area contributed by atoms with Crippen LogP contribution in [0.25, 0.3) is 10.9 Å². The van der Waals surface area contributed by atoms with Gasteiger partial charge in [-0.15, -0.1) is 0 Å². The number of H-pyrrole nitrogens is 1. The molecule has 1 aromatic carbocycles. The third-order valence-corrected chi connectivity index (χ3v) is 4.67. The molecule has 6 heteroatoms. The summed E-state index contributed by atoms with van der Waals surface area (Å²) in [5.74, 6) is 0. The maximum absolute atomic E-state index is 11.9. The van der Waals surface area contributed by atoms with E-state index in [0.717, 1.165) is 28.7 Å². The van der Waals surface area contributed by atoms with Crippen LogP contribution in [0.5, 0.6) is 0 Å². The highest BCUT2D eigenvalue weighted by molar-refractivity contribution is 5.84. The third-order valence-electron chi connectivity index (χ3n) is 4.67. The van der Waals surface area contributed by atoms with Crippen LogP contribution in [0.15, 0.2) is 55.0 Å². The van der Waals surface area contributed by atoms with E-state index in [1.54, 1.807) is 17.3 Å². The van der Waals surface area contributed by atoms with Gasteiger partial charge in [0.15, 0.2) is 0 Å². The maximum atomic E-state index is 11.9. The summed E-state index contributed by atoms with van der Waals surface area (Å²) >= 11 is 0. The number of fused-ring (bicyclic) bond motifs is 1. The number of piperazine rings is 1. The number of urea groups is 1. The molecule has 1 atom stereocenters. The average Bonchev–Trinajstić information content (AvgIpc) is 3.06. The van der Waals surface area contributed by atoms with Crippen molar-refractivity contribution in [1.29, 1.82) is 0 Å². The molecule has 1 unspecified atom stereocenters. The Morgan fingerprint density at radius 3 is 2.75 bits per heavy atom. The SMILES string of the molecule is NC(=O)N1CCN(c2ccncc2)CC1c1c[nH]c2ccccc12. The Bertz CT molecular complexity index is 860. The van der Waals surface area contributed by atoms with E-state index >= 15 is 0 Å².